The van der Waals surface area contributed by atoms with Crippen molar-refractivity contribution in [3.8, 4) is 5.75 Å². The summed E-state index contributed by atoms with van der Waals surface area (Å²) in [5, 5.41) is 49.8. The van der Waals surface area contributed by atoms with Crippen molar-refractivity contribution in [2.24, 2.45) is 4.99 Å². The molecule has 2 amide bonds. The topological polar surface area (TPSA) is 240 Å². The van der Waals surface area contributed by atoms with E-state index in [1.807, 2.05) is 0 Å². The van der Waals surface area contributed by atoms with Gasteiger partial charge < -0.3 is 41.7 Å². The molecule has 1 aromatic carbocycles. The third kappa shape index (κ3) is 12.8. The first-order valence-electron chi connectivity index (χ1n) is 13.2. The molecule has 49 heavy (non-hydrogen) atoms. The van der Waals surface area contributed by atoms with E-state index in [4.69, 9.17) is 11.6 Å². The molecule has 268 valence electrons. The highest BCUT2D eigenvalue weighted by Crippen LogP contribution is 2.36. The Balaban J connectivity index is 0.000000591. The Bertz CT molecular complexity index is 1590. The van der Waals surface area contributed by atoms with E-state index in [1.54, 1.807) is 0 Å². The van der Waals surface area contributed by atoms with Gasteiger partial charge in [0.25, 0.3) is 5.91 Å². The maximum absolute atomic E-state index is 12.6. The number of hydrogen-bond donors (Lipinski definition) is 8. The molecule has 0 spiro atoms. The van der Waals surface area contributed by atoms with Crippen molar-refractivity contribution in [2.75, 3.05) is 25.0 Å². The van der Waals surface area contributed by atoms with Crippen molar-refractivity contribution < 1.29 is 70.7 Å². The molecule has 0 saturated heterocycles. The number of aromatic nitrogens is 1. The predicted octanol–water partition coefficient (Wildman–Crippen LogP) is 1.61. The number of carboxylic acid groups (broad SMARTS) is 1. The van der Waals surface area contributed by atoms with Gasteiger partial charge in [-0.25, -0.2) is 0 Å². The first-order chi connectivity index (χ1) is 22.6. The van der Waals surface area contributed by atoms with Gasteiger partial charge in [-0.15, -0.1) is 0 Å². The fraction of sp³-hybridized carbons (Fsp3) is 0.346. The number of carbonyl (C=O) groups is 5. The number of hydrogen-bond acceptors (Lipinski definition) is 12. The summed E-state index contributed by atoms with van der Waals surface area (Å²) < 4.78 is 67.2. The number of pyridine rings is 1. The molecule has 0 unspecified atom stereocenters. The number of carbonyl (C=O) groups excluding carboxylic acids is 4. The van der Waals surface area contributed by atoms with E-state index in [0.717, 1.165) is 0 Å². The van der Waals surface area contributed by atoms with Crippen molar-refractivity contribution in [2.45, 2.75) is 37.0 Å². The number of carboxylic acids is 1. The number of guanidine groups is 1. The van der Waals surface area contributed by atoms with Crippen molar-refractivity contribution in [1.29, 1.82) is 0 Å². The molecule has 2 aromatic rings. The summed E-state index contributed by atoms with van der Waals surface area (Å²) in [7, 11) is 0. The third-order valence-corrected chi connectivity index (χ3v) is 6.72. The Kier molecular flexibility index (Phi) is 14.3. The fourth-order valence-corrected chi connectivity index (χ4v) is 4.42. The highest BCUT2D eigenvalue weighted by molar-refractivity contribution is 9.10. The van der Waals surface area contributed by atoms with E-state index in [1.165, 1.54) is 30.6 Å². The number of phenols is 1. The van der Waals surface area contributed by atoms with Gasteiger partial charge >= 0.3 is 29.9 Å². The molecule has 15 nitrogen and oxygen atoms in total. The minimum Gasteiger partial charge on any atom is -0.506 e. The van der Waals surface area contributed by atoms with E-state index in [2.05, 4.69) is 47.2 Å². The number of benzene rings is 1. The van der Waals surface area contributed by atoms with E-state index in [-0.39, 0.29) is 45.4 Å². The first kappa shape index (κ1) is 40.6. The molecule has 0 saturated carbocycles. The van der Waals surface area contributed by atoms with Crippen LogP contribution < -0.4 is 21.3 Å². The summed E-state index contributed by atoms with van der Waals surface area (Å²) in [6.07, 6.45) is -11.4. The van der Waals surface area contributed by atoms with Gasteiger partial charge in [0, 0.05) is 23.3 Å². The Morgan fingerprint density at radius 2 is 1.61 bits per heavy atom. The van der Waals surface area contributed by atoms with Crippen LogP contribution in [0, 0.1) is 0 Å². The largest absolute Gasteiger partial charge is 0.506 e. The molecule has 1 aliphatic heterocycles. The molecule has 23 heteroatoms. The van der Waals surface area contributed by atoms with E-state index in [9.17, 15) is 70.7 Å². The summed E-state index contributed by atoms with van der Waals surface area (Å²) in [5.41, 5.74) is 0.600. The monoisotopic (exact) mass is 792 g/mol. The Morgan fingerprint density at radius 1 is 1.00 bits per heavy atom. The molecule has 1 aliphatic rings. The first-order valence-corrected chi connectivity index (χ1v) is 14.3. The lowest BCUT2D eigenvalue weighted by molar-refractivity contribution is -0.193. The summed E-state index contributed by atoms with van der Waals surface area (Å²) in [6, 6.07) is 3.10. The average Bonchev–Trinajstić information content (AvgIpc) is 3.15. The second-order valence-electron chi connectivity index (χ2n) is 9.67. The number of aliphatic hydroxyl groups is 2. The van der Waals surface area contributed by atoms with E-state index >= 15 is 0 Å². The lowest BCUT2D eigenvalue weighted by Gasteiger charge is -2.20. The number of rotatable bonds is 9. The van der Waals surface area contributed by atoms with Crippen molar-refractivity contribution in [3.63, 3.8) is 0 Å². The number of phenolic OH excluding ortho intramolecular Hbond substituents is 1. The number of β-amino-alcohol motifs (C(OH)–C–C–N with tert-alkyl or cyclic N) is 1. The highest BCUT2D eigenvalue weighted by atomic mass is 79.9. The lowest BCUT2D eigenvalue weighted by atomic mass is 10.0. The highest BCUT2D eigenvalue weighted by Gasteiger charge is 2.54. The molecule has 3 atom stereocenters. The number of aliphatic imine (C=N–C) groups is 1. The number of amides is 2. The number of halogens is 8. The average molecular weight is 794 g/mol. The molecule has 8 N–H and O–H groups in total. The van der Waals surface area contributed by atoms with Crippen LogP contribution in [0.4, 0.5) is 32.0 Å². The minimum absolute atomic E-state index is 0.0218. The Labute approximate surface area is 283 Å². The zero-order chi connectivity index (χ0) is 37.3. The molecular weight excluding hydrogens is 770 g/mol. The zero-order valence-corrected chi connectivity index (χ0v) is 26.5. The normalized spacial score (nSPS) is 16.7. The molecule has 0 fully saturated rings. The number of Topliss-reactive ketones (excluding diaryl/α,β-unsaturated/α-hetero) is 2. The van der Waals surface area contributed by atoms with Crippen LogP contribution in [0.2, 0.25) is 5.02 Å². The predicted molar refractivity (Wildman–Crippen MR) is 159 cm³/mol. The van der Waals surface area contributed by atoms with Crippen molar-refractivity contribution >= 4 is 68.5 Å². The summed E-state index contributed by atoms with van der Waals surface area (Å²) in [6.45, 7) is -0.437. The molecular formula is C26H24BrClF6N6O9. The zero-order valence-electron chi connectivity index (χ0n) is 24.2. The van der Waals surface area contributed by atoms with Gasteiger partial charge in [-0.1, -0.05) is 11.6 Å². The van der Waals surface area contributed by atoms with Gasteiger partial charge in [-0.05, 0) is 34.1 Å². The van der Waals surface area contributed by atoms with Crippen LogP contribution in [0.15, 0.2) is 40.1 Å². The van der Waals surface area contributed by atoms with Gasteiger partial charge in [0.2, 0.25) is 5.91 Å². The lowest BCUT2D eigenvalue weighted by Crippen LogP contribution is -2.39. The quantitative estimate of drug-likeness (QED) is 0.134. The Hall–Kier alpha value is -4.54. The number of nitrogens with zero attached hydrogens (tertiary/aromatic N) is 2. The van der Waals surface area contributed by atoms with Gasteiger partial charge in [0.05, 0.1) is 53.6 Å². The smallest absolute Gasteiger partial charge is 0.458 e. The van der Waals surface area contributed by atoms with Crippen LogP contribution in [-0.2, 0) is 19.2 Å². The van der Waals surface area contributed by atoms with E-state index in [0.29, 0.717) is 5.69 Å². The van der Waals surface area contributed by atoms with Crippen LogP contribution >= 0.6 is 27.5 Å². The number of ketones is 2. The van der Waals surface area contributed by atoms with Crippen molar-refractivity contribution in [1.82, 2.24) is 20.9 Å². The standard InChI is InChI=1S/C22H24BrClN6O7.C4F6O2/c23-14-3-11(24)2-13(20(14)36)15(4-19(34)35)30-18(33)9-26-21(37)10-1-12(6-25-5-10)29-22-27-7-16(31)17(32)8-28-22;5-3(6,7)1(11)2(12)4(8,9)10/h1-3,5-6,15-17,31-32,36H,4,7-9H2,(H,26,37)(H,30,33)(H,34,35)(H2,27,28,29);/t15-,16-,17-;/m0./s1. The van der Waals surface area contributed by atoms with E-state index < -0.39 is 72.9 Å². The molecule has 3 rings (SSSR count). The maximum atomic E-state index is 12.6. The maximum Gasteiger partial charge on any atom is 0.458 e. The number of nitrogens with one attached hydrogen (secondary N) is 4. The van der Waals surface area contributed by atoms with Gasteiger partial charge in [0.1, 0.15) is 11.9 Å². The fourth-order valence-electron chi connectivity index (χ4n) is 3.58. The molecule has 0 radical (unpaired) electrons. The van der Waals surface area contributed by atoms with Gasteiger partial charge in [-0.2, -0.15) is 26.3 Å². The third-order valence-electron chi connectivity index (χ3n) is 5.90. The molecule has 2 heterocycles. The van der Waals surface area contributed by atoms with Gasteiger partial charge in [-0.3, -0.25) is 33.9 Å². The summed E-state index contributed by atoms with van der Waals surface area (Å²) in [4.78, 5) is 63.7. The SMILES string of the molecule is O=C(C(=O)C(F)(F)F)C(F)(F)F.O=C(O)C[C@H](NC(=O)CNC(=O)c1cncc(NC2=NC[C@H](O)[C@@H](O)CN2)c1)c1cc(Cl)cc(Br)c1O. The summed E-state index contributed by atoms with van der Waals surface area (Å²) >= 11 is 9.13. The second kappa shape index (κ2) is 17.2. The van der Waals surface area contributed by atoms with Gasteiger partial charge in [0.15, 0.2) is 5.96 Å². The number of alkyl halides is 6. The van der Waals surface area contributed by atoms with Crippen LogP contribution in [0.25, 0.3) is 0 Å². The summed E-state index contributed by atoms with van der Waals surface area (Å²) in [5.74, 6) is -9.37. The molecule has 0 bridgehead atoms. The molecule has 0 aliphatic carbocycles. The van der Waals surface area contributed by atoms with Crippen molar-refractivity contribution in [3.05, 3.63) is 51.2 Å². The Morgan fingerprint density at radius 3 is 2.18 bits per heavy atom. The number of aromatic hydroxyl groups is 1. The number of aliphatic hydroxyl groups excluding tert-OH is 2. The number of anilines is 1. The van der Waals surface area contributed by atoms with Crippen LogP contribution in [0.1, 0.15) is 28.4 Å². The molecule has 1 aromatic heterocycles. The van der Waals surface area contributed by atoms with Crippen LogP contribution in [0.5, 0.6) is 5.75 Å². The second-order valence-corrected chi connectivity index (χ2v) is 11.0. The van der Waals surface area contributed by atoms with Crippen LogP contribution in [0.3, 0.4) is 0 Å². The minimum atomic E-state index is -5.77. The number of aliphatic carboxylic acids is 1. The van der Waals surface area contributed by atoms with Crippen LogP contribution in [-0.4, -0.2) is 105 Å².